The van der Waals surface area contributed by atoms with Crippen LogP contribution in [0.2, 0.25) is 0 Å². The van der Waals surface area contributed by atoms with Crippen molar-refractivity contribution < 1.29 is 4.42 Å². The molecule has 0 saturated heterocycles. The number of furan rings is 1. The number of para-hydroxylation sites is 5. The minimum atomic E-state index is 0.527. The fraction of sp³-hybridized carbons (Fsp3) is 0. The highest BCUT2D eigenvalue weighted by Gasteiger charge is 2.24. The molecular weight excluding hydrogens is 831 g/mol. The fourth-order valence-corrected chi connectivity index (χ4v) is 11.0. The summed E-state index contributed by atoms with van der Waals surface area (Å²) in [7, 11) is 0. The van der Waals surface area contributed by atoms with Crippen LogP contribution >= 0.6 is 0 Å². The lowest BCUT2D eigenvalue weighted by atomic mass is 9.94. The zero-order chi connectivity index (χ0) is 45.0. The second-order valence-electron chi connectivity index (χ2n) is 17.5. The van der Waals surface area contributed by atoms with Gasteiger partial charge in [0.05, 0.1) is 62.1 Å². The third-order valence-corrected chi connectivity index (χ3v) is 13.9. The molecule has 0 spiro atoms. The number of benzene rings is 10. The molecule has 68 heavy (non-hydrogen) atoms. The molecule has 6 heteroatoms. The molecule has 4 heterocycles. The van der Waals surface area contributed by atoms with Crippen LogP contribution in [0.5, 0.6) is 0 Å². The highest BCUT2D eigenvalue weighted by Crippen LogP contribution is 2.45. The maximum absolute atomic E-state index is 10.7. The molecule has 314 valence electrons. The van der Waals surface area contributed by atoms with Crippen molar-refractivity contribution in [2.75, 3.05) is 0 Å². The van der Waals surface area contributed by atoms with Gasteiger partial charge in [-0.1, -0.05) is 127 Å². The molecular formula is C62H35N5O. The van der Waals surface area contributed by atoms with Gasteiger partial charge in [-0.15, -0.1) is 0 Å². The molecule has 0 radical (unpaired) electrons. The highest BCUT2D eigenvalue weighted by molar-refractivity contribution is 6.26. The van der Waals surface area contributed by atoms with Crippen LogP contribution in [-0.4, -0.2) is 13.7 Å². The normalized spacial score (nSPS) is 11.8. The van der Waals surface area contributed by atoms with Gasteiger partial charge in [0.2, 0.25) is 0 Å². The van der Waals surface area contributed by atoms with E-state index in [9.17, 15) is 10.5 Å². The molecule has 0 aliphatic rings. The minimum absolute atomic E-state index is 0.527. The molecule has 0 aliphatic heterocycles. The Morgan fingerprint density at radius 1 is 0.353 bits per heavy atom. The molecule has 0 atom stereocenters. The van der Waals surface area contributed by atoms with Crippen LogP contribution in [0, 0.1) is 22.7 Å². The van der Waals surface area contributed by atoms with Crippen molar-refractivity contribution >= 4 is 87.4 Å². The van der Waals surface area contributed by atoms with Gasteiger partial charge in [0.25, 0.3) is 0 Å². The minimum Gasteiger partial charge on any atom is -0.456 e. The lowest BCUT2D eigenvalue weighted by molar-refractivity contribution is 0.669. The molecule has 10 aromatic carbocycles. The largest absolute Gasteiger partial charge is 0.456 e. The van der Waals surface area contributed by atoms with Gasteiger partial charge in [0.15, 0.2) is 0 Å². The van der Waals surface area contributed by atoms with Gasteiger partial charge in [0.1, 0.15) is 11.2 Å². The standard InChI is InChI=1S/C62H35N5O/c63-36-38-13-12-14-39(31-38)44-27-25-40(32-41(44)37-64)45-28-26-43(33-57(45)67-54-22-9-5-18-47(54)51-34-52-48-19-7-11-24-59(48)68-60(52)35-58(51)67)65-55-23-10-6-20-50(55)61-56(65)30-29-49-46-17-4-8-21-53(46)66(62(49)61)42-15-2-1-3-16-42/h1-35H. The molecule has 0 amide bonds. The summed E-state index contributed by atoms with van der Waals surface area (Å²) in [5.41, 5.74) is 15.9. The smallest absolute Gasteiger partial charge is 0.137 e. The van der Waals surface area contributed by atoms with Crippen LogP contribution < -0.4 is 0 Å². The van der Waals surface area contributed by atoms with E-state index in [-0.39, 0.29) is 0 Å². The number of rotatable bonds is 5. The number of aromatic nitrogens is 3. The van der Waals surface area contributed by atoms with Crippen LogP contribution in [0.3, 0.4) is 0 Å². The van der Waals surface area contributed by atoms with Crippen molar-refractivity contribution in [2.24, 2.45) is 0 Å². The number of nitrogens with zero attached hydrogens (tertiary/aromatic N) is 5. The van der Waals surface area contributed by atoms with Crippen LogP contribution in [-0.2, 0) is 0 Å². The Hall–Kier alpha value is -9.62. The second-order valence-corrected chi connectivity index (χ2v) is 17.5. The molecule has 0 saturated carbocycles. The van der Waals surface area contributed by atoms with E-state index < -0.39 is 0 Å². The summed E-state index contributed by atoms with van der Waals surface area (Å²) in [6, 6.07) is 78.9. The number of nitriles is 2. The first-order valence-corrected chi connectivity index (χ1v) is 22.7. The van der Waals surface area contributed by atoms with Gasteiger partial charge in [-0.25, -0.2) is 0 Å². The van der Waals surface area contributed by atoms with E-state index in [1.807, 2.05) is 42.5 Å². The zero-order valence-corrected chi connectivity index (χ0v) is 36.4. The average Bonchev–Trinajstić information content (AvgIpc) is 4.14. The third-order valence-electron chi connectivity index (χ3n) is 13.9. The van der Waals surface area contributed by atoms with Crippen LogP contribution in [0.25, 0.3) is 127 Å². The maximum atomic E-state index is 10.7. The molecule has 0 bridgehead atoms. The quantitative estimate of drug-likeness (QED) is 0.173. The van der Waals surface area contributed by atoms with E-state index in [1.165, 1.54) is 21.7 Å². The van der Waals surface area contributed by atoms with Crippen molar-refractivity contribution in [2.45, 2.75) is 0 Å². The third kappa shape index (κ3) is 5.37. The molecule has 14 aromatic rings. The molecule has 4 aromatic heterocycles. The number of hydrogen-bond acceptors (Lipinski definition) is 3. The zero-order valence-electron chi connectivity index (χ0n) is 36.4. The molecule has 0 unspecified atom stereocenters. The predicted octanol–water partition coefficient (Wildman–Crippen LogP) is 16.0. The summed E-state index contributed by atoms with van der Waals surface area (Å²) >= 11 is 0. The first kappa shape index (κ1) is 37.7. The van der Waals surface area contributed by atoms with E-state index in [0.29, 0.717) is 11.1 Å². The molecule has 0 aliphatic carbocycles. The fourth-order valence-electron chi connectivity index (χ4n) is 11.0. The summed E-state index contributed by atoms with van der Waals surface area (Å²) in [6.07, 6.45) is 0. The number of fused-ring (bicyclic) bond motifs is 13. The van der Waals surface area contributed by atoms with Gasteiger partial charge in [-0.3, -0.25) is 0 Å². The number of hydrogen-bond donors (Lipinski definition) is 0. The summed E-state index contributed by atoms with van der Waals surface area (Å²) in [6.45, 7) is 0. The molecule has 0 N–H and O–H groups in total. The monoisotopic (exact) mass is 865 g/mol. The van der Waals surface area contributed by atoms with Gasteiger partial charge in [-0.2, -0.15) is 10.5 Å². The van der Waals surface area contributed by atoms with Crippen molar-refractivity contribution in [1.29, 1.82) is 10.5 Å². The second kappa shape index (κ2) is 14.4. The maximum Gasteiger partial charge on any atom is 0.137 e. The van der Waals surface area contributed by atoms with Gasteiger partial charge < -0.3 is 18.1 Å². The van der Waals surface area contributed by atoms with E-state index in [2.05, 4.69) is 190 Å². The average molecular weight is 866 g/mol. The summed E-state index contributed by atoms with van der Waals surface area (Å²) in [5.74, 6) is 0. The topological polar surface area (TPSA) is 75.5 Å². The Balaban J connectivity index is 1.09. The van der Waals surface area contributed by atoms with Crippen molar-refractivity contribution in [3.63, 3.8) is 0 Å². The highest BCUT2D eigenvalue weighted by atomic mass is 16.3. The van der Waals surface area contributed by atoms with Crippen molar-refractivity contribution in [3.05, 3.63) is 223 Å². The predicted molar refractivity (Wildman–Crippen MR) is 277 cm³/mol. The first-order valence-electron chi connectivity index (χ1n) is 22.7. The summed E-state index contributed by atoms with van der Waals surface area (Å²) in [5, 5.41) is 29.6. The van der Waals surface area contributed by atoms with Gasteiger partial charge in [-0.05, 0) is 95.6 Å². The Kier molecular flexibility index (Phi) is 8.01. The van der Waals surface area contributed by atoms with Crippen LogP contribution in [0.15, 0.2) is 217 Å². The Morgan fingerprint density at radius 3 is 1.82 bits per heavy atom. The Bertz CT molecular complexity index is 4530. The Labute approximate surface area is 389 Å². The van der Waals surface area contributed by atoms with Crippen LogP contribution in [0.1, 0.15) is 11.1 Å². The summed E-state index contributed by atoms with van der Waals surface area (Å²) in [4.78, 5) is 0. The molecule has 6 nitrogen and oxygen atoms in total. The lowest BCUT2D eigenvalue weighted by Gasteiger charge is -2.18. The van der Waals surface area contributed by atoms with Crippen molar-refractivity contribution in [1.82, 2.24) is 13.7 Å². The Morgan fingerprint density at radius 2 is 1.03 bits per heavy atom. The summed E-state index contributed by atoms with van der Waals surface area (Å²) < 4.78 is 13.8. The lowest BCUT2D eigenvalue weighted by Crippen LogP contribution is -2.02. The first-order chi connectivity index (χ1) is 33.6. The van der Waals surface area contributed by atoms with E-state index in [1.54, 1.807) is 6.07 Å². The van der Waals surface area contributed by atoms with E-state index in [0.717, 1.165) is 105 Å². The van der Waals surface area contributed by atoms with E-state index in [4.69, 9.17) is 4.42 Å². The van der Waals surface area contributed by atoms with Gasteiger partial charge >= 0.3 is 0 Å². The van der Waals surface area contributed by atoms with Crippen molar-refractivity contribution in [3.8, 4) is 51.5 Å². The molecule has 0 fully saturated rings. The molecule has 14 rings (SSSR count). The van der Waals surface area contributed by atoms with E-state index >= 15 is 0 Å². The SMILES string of the molecule is N#Cc1cccc(-c2ccc(-c3ccc(-n4c5ccccc5c5c4ccc4c6ccccc6n(-c6ccccc6)c45)cc3-n3c4ccccc4c4cc5c(cc43)oc3ccccc35)cc2C#N)c1. The van der Waals surface area contributed by atoms with Crippen LogP contribution in [0.4, 0.5) is 0 Å². The van der Waals surface area contributed by atoms with Gasteiger partial charge in [0, 0.05) is 66.1 Å².